The molecule has 2 N–H and O–H groups in total. The zero-order valence-corrected chi connectivity index (χ0v) is 13.5. The average Bonchev–Trinajstić information content (AvgIpc) is 2.80. The Bertz CT molecular complexity index is 747. The molecule has 5 heteroatoms. The molecule has 1 aliphatic heterocycles. The van der Waals surface area contributed by atoms with Crippen LogP contribution in [0.3, 0.4) is 0 Å². The minimum absolute atomic E-state index is 0.175. The molecule has 1 heterocycles. The van der Waals surface area contributed by atoms with Crippen molar-refractivity contribution in [3.8, 4) is 11.1 Å². The average molecular weight is 364 g/mol. The predicted molar refractivity (Wildman–Crippen MR) is 85.8 cm³/mol. The van der Waals surface area contributed by atoms with Gasteiger partial charge in [0.1, 0.15) is 12.0 Å². The van der Waals surface area contributed by atoms with Crippen LogP contribution in [0.25, 0.3) is 11.1 Å². The van der Waals surface area contributed by atoms with Crippen LogP contribution in [-0.4, -0.2) is 17.2 Å². The molecule has 1 aliphatic rings. The van der Waals surface area contributed by atoms with E-state index >= 15 is 0 Å². The van der Waals surface area contributed by atoms with Crippen molar-refractivity contribution in [1.29, 1.82) is 0 Å². The molecule has 3 nitrogen and oxygen atoms in total. The third-order valence-electron chi connectivity index (χ3n) is 3.84. The summed E-state index contributed by atoms with van der Waals surface area (Å²) in [7, 11) is 0. The molecule has 2 aromatic carbocycles. The topological polar surface area (TPSA) is 49.3 Å². The van der Waals surface area contributed by atoms with Gasteiger partial charge in [-0.25, -0.2) is 4.39 Å². The molecule has 0 spiro atoms. The highest BCUT2D eigenvalue weighted by molar-refractivity contribution is 9.10. The number of halogens is 2. The summed E-state index contributed by atoms with van der Waals surface area (Å²) < 4.78 is 14.2. The van der Waals surface area contributed by atoms with Gasteiger partial charge in [-0.15, -0.1) is 0 Å². The Balaban J connectivity index is 2.03. The lowest BCUT2D eigenvalue weighted by Crippen LogP contribution is -2.25. The Morgan fingerprint density at radius 1 is 1.23 bits per heavy atom. The highest BCUT2D eigenvalue weighted by Crippen LogP contribution is 2.32. The number of aliphatic hydroxyl groups is 1. The second-order valence-corrected chi connectivity index (χ2v) is 6.43. The molecule has 0 bridgehead atoms. The Hall–Kier alpha value is -1.72. The number of carbonyl (C=O) groups is 1. The quantitative estimate of drug-likeness (QED) is 0.857. The minimum atomic E-state index is -0.799. The zero-order chi connectivity index (χ0) is 15.9. The predicted octanol–water partition coefficient (Wildman–Crippen LogP) is 3.49. The summed E-state index contributed by atoms with van der Waals surface area (Å²) in [6, 6.07) is 10.7. The van der Waals surface area contributed by atoms with Crippen molar-refractivity contribution in [2.24, 2.45) is 0 Å². The van der Waals surface area contributed by atoms with E-state index in [1.54, 1.807) is 6.07 Å². The Morgan fingerprint density at radius 2 is 2.00 bits per heavy atom. The Kier molecular flexibility index (Phi) is 4.02. The Labute approximate surface area is 136 Å². The number of nitrogens with one attached hydrogen (secondary N) is 1. The van der Waals surface area contributed by atoms with Crippen LogP contribution in [0.5, 0.6) is 0 Å². The van der Waals surface area contributed by atoms with E-state index < -0.39 is 6.23 Å². The molecule has 0 radical (unpaired) electrons. The molecule has 22 heavy (non-hydrogen) atoms. The van der Waals surface area contributed by atoms with Crippen molar-refractivity contribution in [2.75, 3.05) is 0 Å². The summed E-state index contributed by atoms with van der Waals surface area (Å²) in [6.07, 6.45) is -0.442. The number of amides is 1. The van der Waals surface area contributed by atoms with Crippen molar-refractivity contribution in [3.63, 3.8) is 0 Å². The number of rotatable bonds is 2. The normalized spacial score (nSPS) is 21.0. The minimum Gasteiger partial charge on any atom is -0.374 e. The van der Waals surface area contributed by atoms with Gasteiger partial charge in [-0.1, -0.05) is 29.8 Å². The van der Waals surface area contributed by atoms with Crippen LogP contribution in [0.15, 0.2) is 40.9 Å². The van der Waals surface area contributed by atoms with Gasteiger partial charge in [0.25, 0.3) is 0 Å². The molecule has 1 saturated heterocycles. The highest BCUT2D eigenvalue weighted by atomic mass is 79.9. The smallest absolute Gasteiger partial charge is 0.229 e. The summed E-state index contributed by atoms with van der Waals surface area (Å²) in [4.78, 5) is 11.9. The van der Waals surface area contributed by atoms with Gasteiger partial charge in [-0.05, 0) is 51.7 Å². The van der Waals surface area contributed by atoms with E-state index in [0.717, 1.165) is 22.3 Å². The van der Waals surface area contributed by atoms with Gasteiger partial charge >= 0.3 is 0 Å². The van der Waals surface area contributed by atoms with Crippen molar-refractivity contribution in [3.05, 3.63) is 57.8 Å². The highest BCUT2D eigenvalue weighted by Gasteiger charge is 2.32. The number of hydrogen-bond acceptors (Lipinski definition) is 2. The molecule has 3 rings (SSSR count). The van der Waals surface area contributed by atoms with Crippen molar-refractivity contribution in [2.45, 2.75) is 25.5 Å². The lowest BCUT2D eigenvalue weighted by atomic mass is 9.92. The number of carbonyl (C=O) groups excluding carboxylic acids is 1. The summed E-state index contributed by atoms with van der Waals surface area (Å²) in [6.45, 7) is 1.94. The molecule has 2 unspecified atom stereocenters. The monoisotopic (exact) mass is 363 g/mol. The molecule has 1 amide bonds. The molecule has 2 atom stereocenters. The molecule has 114 valence electrons. The summed E-state index contributed by atoms with van der Waals surface area (Å²) in [5.74, 6) is -0.866. The third kappa shape index (κ3) is 2.91. The van der Waals surface area contributed by atoms with Gasteiger partial charge in [0.05, 0.1) is 10.4 Å². The standard InChI is InChI=1S/C17H15BrFNO2/c1-9-4-11(10-2-3-14(18)15(19)7-10)6-12(5-9)13-8-16(21)20-17(13)22/h2-7,13,16,21H,8H2,1H3,(H,20,22). The van der Waals surface area contributed by atoms with E-state index in [1.165, 1.54) is 6.07 Å². The van der Waals surface area contributed by atoms with Crippen LogP contribution >= 0.6 is 15.9 Å². The van der Waals surface area contributed by atoms with Crippen LogP contribution in [0.2, 0.25) is 0 Å². The van der Waals surface area contributed by atoms with E-state index in [4.69, 9.17) is 0 Å². The molecular weight excluding hydrogens is 349 g/mol. The fraction of sp³-hybridized carbons (Fsp3) is 0.235. The van der Waals surface area contributed by atoms with E-state index in [2.05, 4.69) is 21.2 Å². The maximum absolute atomic E-state index is 13.7. The first kappa shape index (κ1) is 15.2. The van der Waals surface area contributed by atoms with E-state index in [-0.39, 0.29) is 17.6 Å². The molecule has 0 saturated carbocycles. The van der Waals surface area contributed by atoms with Crippen LogP contribution in [0.4, 0.5) is 4.39 Å². The summed E-state index contributed by atoms with van der Waals surface area (Å²) in [5, 5.41) is 12.1. The van der Waals surface area contributed by atoms with E-state index in [0.29, 0.717) is 10.9 Å². The maximum atomic E-state index is 13.7. The SMILES string of the molecule is Cc1cc(-c2ccc(Br)c(F)c2)cc(C2CC(O)NC2=O)c1. The second kappa shape index (κ2) is 5.82. The van der Waals surface area contributed by atoms with E-state index in [9.17, 15) is 14.3 Å². The largest absolute Gasteiger partial charge is 0.374 e. The molecule has 0 aliphatic carbocycles. The lowest BCUT2D eigenvalue weighted by molar-refractivity contribution is -0.121. The molecular formula is C17H15BrFNO2. The lowest BCUT2D eigenvalue weighted by Gasteiger charge is -2.12. The van der Waals surface area contributed by atoms with Crippen molar-refractivity contribution in [1.82, 2.24) is 5.32 Å². The number of benzene rings is 2. The van der Waals surface area contributed by atoms with Crippen molar-refractivity contribution >= 4 is 21.8 Å². The first-order valence-corrected chi connectivity index (χ1v) is 7.79. The fourth-order valence-electron chi connectivity index (χ4n) is 2.80. The number of aliphatic hydroxyl groups excluding tert-OH is 1. The molecule has 0 aromatic heterocycles. The van der Waals surface area contributed by atoms with Crippen LogP contribution in [-0.2, 0) is 4.79 Å². The fourth-order valence-corrected chi connectivity index (χ4v) is 3.04. The van der Waals surface area contributed by atoms with Crippen LogP contribution in [0, 0.1) is 12.7 Å². The summed E-state index contributed by atoms with van der Waals surface area (Å²) >= 11 is 3.14. The molecule has 2 aromatic rings. The van der Waals surface area contributed by atoms with Gasteiger partial charge < -0.3 is 10.4 Å². The van der Waals surface area contributed by atoms with Gasteiger partial charge in [0.15, 0.2) is 0 Å². The third-order valence-corrected chi connectivity index (χ3v) is 4.48. The van der Waals surface area contributed by atoms with E-state index in [1.807, 2.05) is 31.2 Å². The zero-order valence-electron chi connectivity index (χ0n) is 11.9. The van der Waals surface area contributed by atoms with Crippen LogP contribution < -0.4 is 5.32 Å². The van der Waals surface area contributed by atoms with Gasteiger partial charge in [-0.2, -0.15) is 0 Å². The van der Waals surface area contributed by atoms with Crippen molar-refractivity contribution < 1.29 is 14.3 Å². The first-order chi connectivity index (χ1) is 10.4. The van der Waals surface area contributed by atoms with Gasteiger partial charge in [0.2, 0.25) is 5.91 Å². The Morgan fingerprint density at radius 3 is 2.64 bits per heavy atom. The summed E-state index contributed by atoms with van der Waals surface area (Å²) in [5.41, 5.74) is 3.44. The molecule has 1 fully saturated rings. The second-order valence-electron chi connectivity index (χ2n) is 5.57. The maximum Gasteiger partial charge on any atom is 0.229 e. The van der Waals surface area contributed by atoms with Gasteiger partial charge in [-0.3, -0.25) is 4.79 Å². The first-order valence-electron chi connectivity index (χ1n) is 6.99. The van der Waals surface area contributed by atoms with Gasteiger partial charge in [0, 0.05) is 6.42 Å². The number of hydrogen-bond donors (Lipinski definition) is 2. The van der Waals surface area contributed by atoms with Crippen LogP contribution in [0.1, 0.15) is 23.5 Å². The number of aryl methyl sites for hydroxylation is 1.